The summed E-state index contributed by atoms with van der Waals surface area (Å²) in [5, 5.41) is 6.91. The highest BCUT2D eigenvalue weighted by atomic mass is 79.9. The van der Waals surface area contributed by atoms with Crippen molar-refractivity contribution in [2.75, 3.05) is 12.4 Å². The number of allylic oxidation sites excluding steroid dienone is 2. The van der Waals surface area contributed by atoms with Crippen molar-refractivity contribution >= 4 is 43.8 Å². The zero-order chi connectivity index (χ0) is 22.1. The number of amides is 1. The van der Waals surface area contributed by atoms with Gasteiger partial charge in [-0.25, -0.2) is 9.97 Å². The van der Waals surface area contributed by atoms with Crippen LogP contribution in [0.5, 0.6) is 5.75 Å². The normalized spacial score (nSPS) is 11.7. The van der Waals surface area contributed by atoms with Gasteiger partial charge in [-0.05, 0) is 32.0 Å². The quantitative estimate of drug-likeness (QED) is 0.318. The molecule has 0 aliphatic heterocycles. The summed E-state index contributed by atoms with van der Waals surface area (Å²) in [5.41, 5.74) is 9.29. The zero-order valence-corrected chi connectivity index (χ0v) is 19.2. The number of benzene rings is 1. The van der Waals surface area contributed by atoms with Gasteiger partial charge in [0.15, 0.2) is 5.82 Å². The van der Waals surface area contributed by atoms with E-state index in [-0.39, 0.29) is 0 Å². The number of rotatable bonds is 7. The topological polar surface area (TPSA) is 101 Å². The highest BCUT2D eigenvalue weighted by Gasteiger charge is 2.20. The van der Waals surface area contributed by atoms with Crippen molar-refractivity contribution in [2.24, 2.45) is 5.73 Å². The van der Waals surface area contributed by atoms with Crippen LogP contribution in [0.25, 0.3) is 33.5 Å². The molecule has 0 fully saturated rings. The number of hydrogen-bond acceptors (Lipinski definition) is 5. The minimum Gasteiger partial charge on any atom is -0.495 e. The van der Waals surface area contributed by atoms with E-state index >= 15 is 0 Å². The number of methoxy groups -OCH3 is 1. The molecular formula is C22H23BrN6O2. The van der Waals surface area contributed by atoms with Crippen LogP contribution in [0, 0.1) is 6.92 Å². The fourth-order valence-electron chi connectivity index (χ4n) is 3.77. The van der Waals surface area contributed by atoms with Crippen molar-refractivity contribution in [1.29, 1.82) is 0 Å². The van der Waals surface area contributed by atoms with Crippen molar-refractivity contribution in [1.82, 2.24) is 24.3 Å². The first-order chi connectivity index (χ1) is 15.0. The molecule has 0 saturated heterocycles. The molecule has 0 bridgehead atoms. The number of alkyl halides is 1. The molecule has 4 rings (SSSR count). The summed E-state index contributed by atoms with van der Waals surface area (Å²) in [6, 6.07) is 5.42. The molecule has 0 radical (unpaired) electrons. The van der Waals surface area contributed by atoms with Gasteiger partial charge in [0, 0.05) is 41.0 Å². The summed E-state index contributed by atoms with van der Waals surface area (Å²) in [4.78, 5) is 21.4. The van der Waals surface area contributed by atoms with Crippen molar-refractivity contribution < 1.29 is 9.53 Å². The second-order valence-electron chi connectivity index (χ2n) is 7.09. The van der Waals surface area contributed by atoms with Crippen LogP contribution in [0.15, 0.2) is 36.5 Å². The zero-order valence-electron chi connectivity index (χ0n) is 17.6. The van der Waals surface area contributed by atoms with E-state index in [1.54, 1.807) is 25.4 Å². The third kappa shape index (κ3) is 3.69. The maximum absolute atomic E-state index is 11.9. The van der Waals surface area contributed by atoms with Gasteiger partial charge >= 0.3 is 0 Å². The second-order valence-corrected chi connectivity index (χ2v) is 7.74. The summed E-state index contributed by atoms with van der Waals surface area (Å²) in [6.45, 7) is 5.29. The minimum absolute atomic E-state index is 0.378. The number of aryl methyl sites for hydroxylation is 2. The van der Waals surface area contributed by atoms with E-state index in [2.05, 4.69) is 36.7 Å². The van der Waals surface area contributed by atoms with Crippen LogP contribution in [0.4, 0.5) is 0 Å². The van der Waals surface area contributed by atoms with Gasteiger partial charge in [-0.1, -0.05) is 28.1 Å². The Morgan fingerprint density at radius 1 is 1.26 bits per heavy atom. The number of fused-ring (bicyclic) bond motifs is 3. The molecule has 1 aromatic carbocycles. The van der Waals surface area contributed by atoms with E-state index in [9.17, 15) is 4.79 Å². The number of nitrogens with two attached hydrogens (primary N) is 1. The van der Waals surface area contributed by atoms with Crippen LogP contribution in [-0.4, -0.2) is 42.7 Å². The van der Waals surface area contributed by atoms with E-state index < -0.39 is 5.91 Å². The minimum atomic E-state index is -0.514. The lowest BCUT2D eigenvalue weighted by molar-refractivity contribution is 0.1000. The highest BCUT2D eigenvalue weighted by Crippen LogP contribution is 2.36. The smallest absolute Gasteiger partial charge is 0.248 e. The fourth-order valence-corrected chi connectivity index (χ4v) is 4.04. The van der Waals surface area contributed by atoms with Crippen LogP contribution in [0.1, 0.15) is 23.0 Å². The second kappa shape index (κ2) is 8.50. The lowest BCUT2D eigenvalue weighted by Gasteiger charge is -2.09. The van der Waals surface area contributed by atoms with E-state index in [1.165, 1.54) is 0 Å². The summed E-state index contributed by atoms with van der Waals surface area (Å²) in [7, 11) is 1.58. The first kappa shape index (κ1) is 21.0. The van der Waals surface area contributed by atoms with E-state index in [0.717, 1.165) is 45.2 Å². The molecule has 0 aliphatic carbocycles. The molecule has 0 spiro atoms. The first-order valence-corrected chi connectivity index (χ1v) is 11.0. The lowest BCUT2D eigenvalue weighted by atomic mass is 10.1. The molecule has 2 N–H and O–H groups in total. The molecular weight excluding hydrogens is 460 g/mol. The van der Waals surface area contributed by atoms with Crippen LogP contribution >= 0.6 is 15.9 Å². The van der Waals surface area contributed by atoms with Crippen LogP contribution < -0.4 is 10.5 Å². The summed E-state index contributed by atoms with van der Waals surface area (Å²) < 4.78 is 9.58. The van der Waals surface area contributed by atoms with Gasteiger partial charge < -0.3 is 15.0 Å². The third-order valence-electron chi connectivity index (χ3n) is 5.14. The molecule has 9 heteroatoms. The molecule has 0 aliphatic rings. The molecule has 3 aromatic heterocycles. The molecule has 31 heavy (non-hydrogen) atoms. The van der Waals surface area contributed by atoms with E-state index in [0.29, 0.717) is 23.7 Å². The average molecular weight is 483 g/mol. The Balaban J connectivity index is 2.05. The van der Waals surface area contributed by atoms with Crippen molar-refractivity contribution in [2.45, 2.75) is 26.9 Å². The molecule has 0 atom stereocenters. The molecule has 3 heterocycles. The molecule has 8 nitrogen and oxygen atoms in total. The number of ether oxygens (including phenoxy) is 1. The Hall–Kier alpha value is -3.20. The fraction of sp³-hybridized carbons (Fsp3) is 0.273. The highest BCUT2D eigenvalue weighted by molar-refractivity contribution is 9.09. The SMILES string of the molecule is CCn1nc(C)cc1-c1ncc2c3cc(C(N)=O)cc(OC)c3n(C/C=C/CBr)c2n1. The molecule has 1 amide bonds. The van der Waals surface area contributed by atoms with E-state index in [4.69, 9.17) is 15.5 Å². The van der Waals surface area contributed by atoms with Gasteiger partial charge in [0.2, 0.25) is 5.91 Å². The number of carbonyl (C=O) groups excluding carboxylic acids is 1. The van der Waals surface area contributed by atoms with Gasteiger partial charge in [0.05, 0.1) is 18.3 Å². The molecule has 160 valence electrons. The Morgan fingerprint density at radius 3 is 2.74 bits per heavy atom. The molecule has 4 aromatic rings. The Morgan fingerprint density at radius 2 is 2.06 bits per heavy atom. The van der Waals surface area contributed by atoms with Crippen molar-refractivity contribution in [3.63, 3.8) is 0 Å². The standard InChI is InChI=1S/C22H23BrN6O2/c1-4-29-17(9-13(2)27-29)21-25-12-16-15-10-14(20(24)30)11-18(31-3)19(15)28(22(16)26-21)8-6-5-7-23/h5-6,9-12H,4,7-8H2,1-3H3,(H2,24,30)/b6-5+. The number of nitrogens with zero attached hydrogens (tertiary/aromatic N) is 5. The molecule has 0 saturated carbocycles. The summed E-state index contributed by atoms with van der Waals surface area (Å²) in [6.07, 6.45) is 5.87. The van der Waals surface area contributed by atoms with Crippen LogP contribution in [0.3, 0.4) is 0 Å². The average Bonchev–Trinajstić information content (AvgIpc) is 3.30. The summed E-state index contributed by atoms with van der Waals surface area (Å²) >= 11 is 3.42. The Bertz CT molecular complexity index is 1320. The largest absolute Gasteiger partial charge is 0.495 e. The Kier molecular flexibility index (Phi) is 5.77. The maximum Gasteiger partial charge on any atom is 0.248 e. The number of aromatic nitrogens is 5. The van der Waals surface area contributed by atoms with Gasteiger partial charge in [0.1, 0.15) is 17.1 Å². The predicted octanol–water partition coefficient (Wildman–Crippen LogP) is 3.83. The number of primary amides is 1. The van der Waals surface area contributed by atoms with E-state index in [1.807, 2.05) is 30.7 Å². The Labute approximate surface area is 187 Å². The van der Waals surface area contributed by atoms with Gasteiger partial charge in [0.25, 0.3) is 0 Å². The van der Waals surface area contributed by atoms with Crippen molar-refractivity contribution in [3.8, 4) is 17.3 Å². The van der Waals surface area contributed by atoms with Crippen molar-refractivity contribution in [3.05, 3.63) is 47.8 Å². The van der Waals surface area contributed by atoms with Gasteiger partial charge in [-0.3, -0.25) is 9.48 Å². The van der Waals surface area contributed by atoms with Gasteiger partial charge in [-0.2, -0.15) is 5.10 Å². The van der Waals surface area contributed by atoms with Crippen LogP contribution in [-0.2, 0) is 13.1 Å². The van der Waals surface area contributed by atoms with Crippen LogP contribution in [0.2, 0.25) is 0 Å². The van der Waals surface area contributed by atoms with Gasteiger partial charge in [-0.15, -0.1) is 0 Å². The maximum atomic E-state index is 11.9. The molecule has 0 unspecified atom stereocenters. The monoisotopic (exact) mass is 482 g/mol. The summed E-state index contributed by atoms with van der Waals surface area (Å²) in [5.74, 6) is 0.644. The first-order valence-electron chi connectivity index (χ1n) is 9.91. The number of hydrogen-bond donors (Lipinski definition) is 1. The predicted molar refractivity (Wildman–Crippen MR) is 125 cm³/mol. The lowest BCUT2D eigenvalue weighted by Crippen LogP contribution is -2.11. The number of carbonyl (C=O) groups is 1. The third-order valence-corrected chi connectivity index (χ3v) is 5.51. The number of halogens is 1.